The number of rotatable bonds is 12. The van der Waals surface area contributed by atoms with Crippen LogP contribution in [-0.2, 0) is 30.5 Å². The number of ether oxygens (including phenoxy) is 3. The van der Waals surface area contributed by atoms with Gasteiger partial charge < -0.3 is 24.4 Å². The summed E-state index contributed by atoms with van der Waals surface area (Å²) < 4.78 is 16.3. The van der Waals surface area contributed by atoms with E-state index in [1.807, 2.05) is 60.7 Å². The quantitative estimate of drug-likeness (QED) is 0.380. The molecule has 1 N–H and O–H groups in total. The number of likely N-dealkylation sites (tertiary alicyclic amines) is 1. The summed E-state index contributed by atoms with van der Waals surface area (Å²) in [5, 5.41) is 2.65. The summed E-state index contributed by atoms with van der Waals surface area (Å²) in [6, 6.07) is 18.1. The molecule has 2 aromatic rings. The van der Waals surface area contributed by atoms with Crippen molar-refractivity contribution in [1.29, 1.82) is 0 Å². The summed E-state index contributed by atoms with van der Waals surface area (Å²) in [5.74, 6) is -0.202. The molecule has 1 saturated heterocycles. The number of nitrogens with zero attached hydrogens (tertiary/aromatic N) is 1. The van der Waals surface area contributed by atoms with Gasteiger partial charge in [-0.3, -0.25) is 9.59 Å². The second-order valence-corrected chi connectivity index (χ2v) is 8.25. The molecule has 0 aromatic heterocycles. The van der Waals surface area contributed by atoms with E-state index in [4.69, 9.17) is 14.2 Å². The zero-order valence-corrected chi connectivity index (χ0v) is 19.5. The number of hydrogen-bond donors (Lipinski definition) is 1. The van der Waals surface area contributed by atoms with E-state index < -0.39 is 12.0 Å². The van der Waals surface area contributed by atoms with Crippen molar-refractivity contribution in [2.75, 3.05) is 33.4 Å². The minimum atomic E-state index is -0.687. The van der Waals surface area contributed by atoms with E-state index in [1.165, 1.54) is 4.90 Å². The molecule has 1 aliphatic rings. The van der Waals surface area contributed by atoms with Crippen molar-refractivity contribution in [3.8, 4) is 5.75 Å². The van der Waals surface area contributed by atoms with Crippen LogP contribution in [0.5, 0.6) is 5.75 Å². The molecular weight excluding hydrogens is 436 g/mol. The maximum absolute atomic E-state index is 12.8. The lowest BCUT2D eigenvalue weighted by Gasteiger charge is -2.23. The minimum absolute atomic E-state index is 0.0362. The van der Waals surface area contributed by atoms with Crippen LogP contribution in [0.3, 0.4) is 0 Å². The highest BCUT2D eigenvalue weighted by Crippen LogP contribution is 2.25. The number of methoxy groups -OCH3 is 1. The monoisotopic (exact) mass is 468 g/mol. The molecule has 2 aromatic carbocycles. The highest BCUT2D eigenvalue weighted by molar-refractivity contribution is 5.89. The number of benzene rings is 2. The average Bonchev–Trinajstić information content (AvgIpc) is 3.29. The molecule has 8 heteroatoms. The molecule has 0 bridgehead atoms. The number of para-hydroxylation sites is 1. The topological polar surface area (TPSA) is 94.2 Å². The predicted molar refractivity (Wildman–Crippen MR) is 126 cm³/mol. The fraction of sp³-hybridized carbons (Fsp3) is 0.423. The summed E-state index contributed by atoms with van der Waals surface area (Å²) >= 11 is 0. The van der Waals surface area contributed by atoms with Crippen LogP contribution in [0.2, 0.25) is 0 Å². The van der Waals surface area contributed by atoms with E-state index in [-0.39, 0.29) is 37.3 Å². The van der Waals surface area contributed by atoms with E-state index in [0.717, 1.165) is 11.3 Å². The van der Waals surface area contributed by atoms with Crippen molar-refractivity contribution in [3.05, 3.63) is 66.2 Å². The summed E-state index contributed by atoms with van der Waals surface area (Å²) in [7, 11) is 1.59. The van der Waals surface area contributed by atoms with Gasteiger partial charge in [-0.25, -0.2) is 4.79 Å². The maximum atomic E-state index is 12.8. The molecule has 0 spiro atoms. The molecule has 0 saturated carbocycles. The van der Waals surface area contributed by atoms with E-state index in [9.17, 15) is 14.4 Å². The minimum Gasteiger partial charge on any atom is -0.494 e. The largest absolute Gasteiger partial charge is 0.494 e. The van der Waals surface area contributed by atoms with Crippen LogP contribution in [-0.4, -0.2) is 62.1 Å². The van der Waals surface area contributed by atoms with Gasteiger partial charge >= 0.3 is 5.97 Å². The van der Waals surface area contributed by atoms with E-state index in [2.05, 4.69) is 5.32 Å². The van der Waals surface area contributed by atoms with Gasteiger partial charge in [-0.2, -0.15) is 0 Å². The van der Waals surface area contributed by atoms with Gasteiger partial charge in [0.1, 0.15) is 18.4 Å². The number of esters is 1. The van der Waals surface area contributed by atoms with Crippen molar-refractivity contribution in [1.82, 2.24) is 10.2 Å². The van der Waals surface area contributed by atoms with Gasteiger partial charge in [0, 0.05) is 26.0 Å². The Bertz CT molecular complexity index is 921. The highest BCUT2D eigenvalue weighted by Gasteiger charge is 2.40. The third kappa shape index (κ3) is 7.88. The lowest BCUT2D eigenvalue weighted by Crippen LogP contribution is -2.46. The summed E-state index contributed by atoms with van der Waals surface area (Å²) in [4.78, 5) is 39.3. The molecule has 8 nitrogen and oxygen atoms in total. The van der Waals surface area contributed by atoms with Crippen LogP contribution >= 0.6 is 0 Å². The number of hydrogen-bond acceptors (Lipinski definition) is 6. The Morgan fingerprint density at radius 3 is 2.44 bits per heavy atom. The first-order valence-electron chi connectivity index (χ1n) is 11.5. The zero-order chi connectivity index (χ0) is 24.2. The third-order valence-corrected chi connectivity index (χ3v) is 5.60. The molecule has 2 unspecified atom stereocenters. The van der Waals surface area contributed by atoms with Gasteiger partial charge in [-0.05, 0) is 30.5 Å². The smallest absolute Gasteiger partial charge is 0.329 e. The highest BCUT2D eigenvalue weighted by atomic mass is 16.5. The molecule has 34 heavy (non-hydrogen) atoms. The zero-order valence-electron chi connectivity index (χ0n) is 19.5. The molecule has 2 amide bonds. The Balaban J connectivity index is 1.44. The fourth-order valence-corrected chi connectivity index (χ4v) is 3.91. The van der Waals surface area contributed by atoms with Crippen molar-refractivity contribution < 1.29 is 28.6 Å². The molecule has 1 fully saturated rings. The van der Waals surface area contributed by atoms with Gasteiger partial charge in [-0.1, -0.05) is 48.5 Å². The van der Waals surface area contributed by atoms with Crippen LogP contribution in [0, 0.1) is 5.92 Å². The summed E-state index contributed by atoms with van der Waals surface area (Å²) in [6.07, 6.45) is 1.25. The molecular formula is C26H32N2O6. The van der Waals surface area contributed by atoms with E-state index in [1.54, 1.807) is 7.11 Å². The SMILES string of the molecule is COCC1CC(C(=O)OCc2ccccc2)N(C(=O)CNC(=O)CCCOc2ccccc2)C1. The van der Waals surface area contributed by atoms with Crippen LogP contribution in [0.1, 0.15) is 24.8 Å². The van der Waals surface area contributed by atoms with Gasteiger partial charge in [0.2, 0.25) is 11.8 Å². The molecule has 182 valence electrons. The van der Waals surface area contributed by atoms with Crippen LogP contribution in [0.25, 0.3) is 0 Å². The standard InChI is InChI=1S/C26H32N2O6/c1-32-18-21-15-23(26(31)34-19-20-9-4-2-5-10-20)28(17-21)25(30)16-27-24(29)13-8-14-33-22-11-6-3-7-12-22/h2-7,9-12,21,23H,8,13-19H2,1H3,(H,27,29). The maximum Gasteiger partial charge on any atom is 0.329 e. The lowest BCUT2D eigenvalue weighted by molar-refractivity contribution is -0.154. The second kappa shape index (κ2) is 13.3. The lowest BCUT2D eigenvalue weighted by atomic mass is 10.1. The normalized spacial score (nSPS) is 17.3. The Morgan fingerprint density at radius 2 is 1.74 bits per heavy atom. The van der Waals surface area contributed by atoms with Crippen molar-refractivity contribution in [2.45, 2.75) is 31.9 Å². The Labute approximate surface area is 200 Å². The number of amides is 2. The fourth-order valence-electron chi connectivity index (χ4n) is 3.91. The second-order valence-electron chi connectivity index (χ2n) is 8.25. The van der Waals surface area contributed by atoms with Gasteiger partial charge in [0.05, 0.1) is 19.8 Å². The average molecular weight is 469 g/mol. The van der Waals surface area contributed by atoms with Crippen molar-refractivity contribution >= 4 is 17.8 Å². The van der Waals surface area contributed by atoms with Gasteiger partial charge in [0.25, 0.3) is 0 Å². The van der Waals surface area contributed by atoms with Crippen molar-refractivity contribution in [3.63, 3.8) is 0 Å². The predicted octanol–water partition coefficient (Wildman–Crippen LogP) is 2.57. The van der Waals surface area contributed by atoms with E-state index in [0.29, 0.717) is 32.6 Å². The van der Waals surface area contributed by atoms with Crippen LogP contribution in [0.4, 0.5) is 0 Å². The van der Waals surface area contributed by atoms with Gasteiger partial charge in [0.15, 0.2) is 0 Å². The number of carbonyl (C=O) groups excluding carboxylic acids is 3. The molecule has 2 atom stereocenters. The van der Waals surface area contributed by atoms with Gasteiger partial charge in [-0.15, -0.1) is 0 Å². The Kier molecular flexibility index (Phi) is 9.91. The first kappa shape index (κ1) is 25.2. The Hall–Kier alpha value is -3.39. The number of nitrogens with one attached hydrogen (secondary N) is 1. The number of carbonyl (C=O) groups is 3. The summed E-state index contributed by atoms with van der Waals surface area (Å²) in [5.41, 5.74) is 0.878. The molecule has 3 rings (SSSR count). The van der Waals surface area contributed by atoms with Crippen LogP contribution < -0.4 is 10.1 Å². The first-order chi connectivity index (χ1) is 16.6. The van der Waals surface area contributed by atoms with Crippen molar-refractivity contribution in [2.24, 2.45) is 5.92 Å². The molecule has 1 aliphatic heterocycles. The first-order valence-corrected chi connectivity index (χ1v) is 11.5. The molecule has 0 aliphatic carbocycles. The Morgan fingerprint density at radius 1 is 1.03 bits per heavy atom. The van der Waals surface area contributed by atoms with E-state index >= 15 is 0 Å². The summed E-state index contributed by atoms with van der Waals surface area (Å²) in [6.45, 7) is 1.22. The third-order valence-electron chi connectivity index (χ3n) is 5.60. The van der Waals surface area contributed by atoms with Crippen LogP contribution in [0.15, 0.2) is 60.7 Å². The molecule has 1 heterocycles. The molecule has 0 radical (unpaired) electrons.